The fourth-order valence-corrected chi connectivity index (χ4v) is 2.50. The summed E-state index contributed by atoms with van der Waals surface area (Å²) < 4.78 is 50.0. The minimum atomic E-state index is -4.50. The molecule has 25 heavy (non-hydrogen) atoms. The molecule has 0 radical (unpaired) electrons. The predicted molar refractivity (Wildman–Crippen MR) is 85.5 cm³/mol. The molecule has 1 saturated carbocycles. The van der Waals surface area contributed by atoms with E-state index in [2.05, 4.69) is 0 Å². The van der Waals surface area contributed by atoms with Crippen molar-refractivity contribution in [2.75, 3.05) is 0 Å². The molecule has 0 bridgehead atoms. The van der Waals surface area contributed by atoms with Gasteiger partial charge in [0.25, 0.3) is 0 Å². The van der Waals surface area contributed by atoms with E-state index in [1.165, 1.54) is 6.07 Å². The first-order chi connectivity index (χ1) is 11.9. The van der Waals surface area contributed by atoms with Crippen LogP contribution in [-0.4, -0.2) is 12.1 Å². The number of benzene rings is 2. The van der Waals surface area contributed by atoms with Crippen LogP contribution in [0.5, 0.6) is 11.5 Å². The molecule has 0 spiro atoms. The van der Waals surface area contributed by atoms with Crippen molar-refractivity contribution in [1.82, 2.24) is 0 Å². The van der Waals surface area contributed by atoms with E-state index < -0.39 is 17.7 Å². The molecule has 0 N–H and O–H groups in total. The van der Waals surface area contributed by atoms with Crippen molar-refractivity contribution in [1.29, 1.82) is 0 Å². The van der Waals surface area contributed by atoms with Gasteiger partial charge in [0, 0.05) is 0 Å². The number of ether oxygens (including phenoxy) is 2. The summed E-state index contributed by atoms with van der Waals surface area (Å²) in [5.74, 6) is -0.132. The SMILES string of the molecule is O=C(Cc1cc(OC2CCC2)cc(C(F)(F)F)c1)Oc1ccccc1. The summed E-state index contributed by atoms with van der Waals surface area (Å²) in [6.07, 6.45) is -2.13. The highest BCUT2D eigenvalue weighted by Crippen LogP contribution is 2.34. The van der Waals surface area contributed by atoms with Crippen LogP contribution in [0, 0.1) is 0 Å². The van der Waals surface area contributed by atoms with Crippen LogP contribution in [0.25, 0.3) is 0 Å². The second-order valence-corrected chi connectivity index (χ2v) is 6.00. The van der Waals surface area contributed by atoms with E-state index in [0.717, 1.165) is 31.4 Å². The molecule has 1 aliphatic carbocycles. The Morgan fingerprint density at radius 2 is 1.76 bits per heavy atom. The van der Waals surface area contributed by atoms with E-state index in [1.54, 1.807) is 30.3 Å². The van der Waals surface area contributed by atoms with Gasteiger partial charge in [-0.1, -0.05) is 18.2 Å². The topological polar surface area (TPSA) is 35.5 Å². The van der Waals surface area contributed by atoms with E-state index >= 15 is 0 Å². The van der Waals surface area contributed by atoms with Crippen molar-refractivity contribution in [3.8, 4) is 11.5 Å². The van der Waals surface area contributed by atoms with Crippen molar-refractivity contribution < 1.29 is 27.4 Å². The van der Waals surface area contributed by atoms with E-state index in [-0.39, 0.29) is 23.8 Å². The third kappa shape index (κ3) is 4.75. The number of rotatable bonds is 5. The lowest BCUT2D eigenvalue weighted by atomic mass is 9.96. The summed E-state index contributed by atoms with van der Waals surface area (Å²) in [5, 5.41) is 0. The molecule has 1 aliphatic rings. The Bertz CT molecular complexity index is 737. The first-order valence-electron chi connectivity index (χ1n) is 8.04. The molecule has 0 aromatic heterocycles. The lowest BCUT2D eigenvalue weighted by Crippen LogP contribution is -2.25. The van der Waals surface area contributed by atoms with Crippen molar-refractivity contribution in [2.24, 2.45) is 0 Å². The van der Waals surface area contributed by atoms with Crippen LogP contribution in [-0.2, 0) is 17.4 Å². The molecule has 1 fully saturated rings. The largest absolute Gasteiger partial charge is 0.490 e. The van der Waals surface area contributed by atoms with Crippen LogP contribution in [0.4, 0.5) is 13.2 Å². The molecule has 0 amide bonds. The van der Waals surface area contributed by atoms with Crippen LogP contribution >= 0.6 is 0 Å². The maximum Gasteiger partial charge on any atom is 0.416 e. The van der Waals surface area contributed by atoms with Gasteiger partial charge in [-0.05, 0) is 55.2 Å². The van der Waals surface area contributed by atoms with Crippen molar-refractivity contribution in [3.63, 3.8) is 0 Å². The molecular formula is C19H17F3O3. The minimum absolute atomic E-state index is 0.0485. The molecule has 0 saturated heterocycles. The second-order valence-electron chi connectivity index (χ2n) is 6.00. The number of carbonyl (C=O) groups is 1. The zero-order valence-electron chi connectivity index (χ0n) is 13.4. The molecule has 2 aromatic rings. The van der Waals surface area contributed by atoms with Crippen LogP contribution < -0.4 is 9.47 Å². The van der Waals surface area contributed by atoms with Gasteiger partial charge in [-0.25, -0.2) is 0 Å². The van der Waals surface area contributed by atoms with Crippen LogP contribution in [0.15, 0.2) is 48.5 Å². The van der Waals surface area contributed by atoms with Gasteiger partial charge in [-0.15, -0.1) is 0 Å². The maximum absolute atomic E-state index is 13.1. The maximum atomic E-state index is 13.1. The fraction of sp³-hybridized carbons (Fsp3) is 0.316. The van der Waals surface area contributed by atoms with Gasteiger partial charge in [0.2, 0.25) is 0 Å². The summed E-state index contributed by atoms with van der Waals surface area (Å²) in [6, 6.07) is 11.8. The summed E-state index contributed by atoms with van der Waals surface area (Å²) in [6.45, 7) is 0. The van der Waals surface area contributed by atoms with Gasteiger partial charge < -0.3 is 9.47 Å². The Balaban J connectivity index is 1.76. The Hall–Kier alpha value is -2.50. The number of carbonyl (C=O) groups excluding carboxylic acids is 1. The molecule has 0 aliphatic heterocycles. The van der Waals surface area contributed by atoms with Gasteiger partial charge >= 0.3 is 12.1 Å². The number of alkyl halides is 3. The number of halogens is 3. The number of hydrogen-bond donors (Lipinski definition) is 0. The first-order valence-corrected chi connectivity index (χ1v) is 8.04. The molecule has 0 unspecified atom stereocenters. The standard InChI is InChI=1S/C19H17F3O3/c20-19(21,22)14-9-13(10-17(12-14)24-15-7-4-8-15)11-18(23)25-16-5-2-1-3-6-16/h1-3,5-6,9-10,12,15H,4,7-8,11H2. The van der Waals surface area contributed by atoms with Gasteiger partial charge in [0.15, 0.2) is 0 Å². The molecule has 3 rings (SSSR count). The van der Waals surface area contributed by atoms with Gasteiger partial charge in [-0.2, -0.15) is 13.2 Å². The second kappa shape index (κ2) is 7.17. The fourth-order valence-electron chi connectivity index (χ4n) is 2.50. The zero-order valence-corrected chi connectivity index (χ0v) is 13.4. The Labute approximate surface area is 143 Å². The number of para-hydroxylation sites is 1. The summed E-state index contributed by atoms with van der Waals surface area (Å²) in [7, 11) is 0. The molecule has 6 heteroatoms. The van der Waals surface area contributed by atoms with Crippen LogP contribution in [0.1, 0.15) is 30.4 Å². The zero-order chi connectivity index (χ0) is 17.9. The lowest BCUT2D eigenvalue weighted by Gasteiger charge is -2.27. The smallest absolute Gasteiger partial charge is 0.416 e. The normalized spacial score (nSPS) is 14.7. The van der Waals surface area contributed by atoms with E-state index in [0.29, 0.717) is 5.75 Å². The first kappa shape index (κ1) is 17.3. The highest BCUT2D eigenvalue weighted by Gasteiger charge is 2.32. The summed E-state index contributed by atoms with van der Waals surface area (Å²) >= 11 is 0. The van der Waals surface area contributed by atoms with Gasteiger partial charge in [0.1, 0.15) is 11.5 Å². The molecule has 0 atom stereocenters. The highest BCUT2D eigenvalue weighted by molar-refractivity contribution is 5.75. The molecule has 132 valence electrons. The van der Waals surface area contributed by atoms with Crippen molar-refractivity contribution in [3.05, 3.63) is 59.7 Å². The molecule has 0 heterocycles. The van der Waals surface area contributed by atoms with E-state index in [1.807, 2.05) is 0 Å². The number of esters is 1. The Kier molecular flexibility index (Phi) is 4.97. The van der Waals surface area contributed by atoms with Crippen LogP contribution in [0.3, 0.4) is 0 Å². The Morgan fingerprint density at radius 1 is 1.04 bits per heavy atom. The monoisotopic (exact) mass is 350 g/mol. The van der Waals surface area contributed by atoms with Crippen molar-refractivity contribution >= 4 is 5.97 Å². The lowest BCUT2D eigenvalue weighted by molar-refractivity contribution is -0.138. The third-order valence-electron chi connectivity index (χ3n) is 3.97. The third-order valence-corrected chi connectivity index (χ3v) is 3.97. The summed E-state index contributed by atoms with van der Waals surface area (Å²) in [5.41, 5.74) is -0.614. The van der Waals surface area contributed by atoms with Crippen molar-refractivity contribution in [2.45, 2.75) is 38.0 Å². The highest BCUT2D eigenvalue weighted by atomic mass is 19.4. The van der Waals surface area contributed by atoms with Gasteiger partial charge in [-0.3, -0.25) is 4.79 Å². The average Bonchev–Trinajstić information content (AvgIpc) is 2.51. The quantitative estimate of drug-likeness (QED) is 0.575. The van der Waals surface area contributed by atoms with E-state index in [9.17, 15) is 18.0 Å². The molecular weight excluding hydrogens is 333 g/mol. The van der Waals surface area contributed by atoms with E-state index in [4.69, 9.17) is 9.47 Å². The molecule has 3 nitrogen and oxygen atoms in total. The van der Waals surface area contributed by atoms with Crippen LogP contribution in [0.2, 0.25) is 0 Å². The molecule has 2 aromatic carbocycles. The Morgan fingerprint density at radius 3 is 2.36 bits per heavy atom. The summed E-state index contributed by atoms with van der Waals surface area (Å²) in [4.78, 5) is 12.0. The average molecular weight is 350 g/mol. The predicted octanol–water partition coefficient (Wildman–Crippen LogP) is 4.78. The number of hydrogen-bond acceptors (Lipinski definition) is 3. The minimum Gasteiger partial charge on any atom is -0.490 e. The van der Waals surface area contributed by atoms with Gasteiger partial charge in [0.05, 0.1) is 18.1 Å².